The van der Waals surface area contributed by atoms with Crippen LogP contribution in [0.5, 0.6) is 0 Å². The van der Waals surface area contributed by atoms with Crippen LogP contribution in [0, 0.1) is 20.2 Å². The van der Waals surface area contributed by atoms with Gasteiger partial charge in [-0.2, -0.15) is 0 Å². The van der Waals surface area contributed by atoms with Gasteiger partial charge in [0.2, 0.25) is 0 Å². The van der Waals surface area contributed by atoms with Crippen LogP contribution in [0.4, 0.5) is 22.7 Å². The molecule has 0 heterocycles. The first-order chi connectivity index (χ1) is 9.95. The highest BCUT2D eigenvalue weighted by atomic mass is 16.6. The van der Waals surface area contributed by atoms with Crippen molar-refractivity contribution in [3.63, 3.8) is 0 Å². The Bertz CT molecular complexity index is 658. The molecule has 0 fully saturated rings. The highest BCUT2D eigenvalue weighted by Gasteiger charge is 2.07. The molecule has 8 heteroatoms. The molecule has 0 unspecified atom stereocenters. The van der Waals surface area contributed by atoms with Gasteiger partial charge in [0.1, 0.15) is 0 Å². The summed E-state index contributed by atoms with van der Waals surface area (Å²) >= 11 is 0. The van der Waals surface area contributed by atoms with Crippen molar-refractivity contribution in [3.8, 4) is 0 Å². The van der Waals surface area contributed by atoms with Gasteiger partial charge in [-0.15, -0.1) is 0 Å². The second kappa shape index (κ2) is 7.34. The molecule has 2 rings (SSSR count). The molecule has 0 aliphatic carbocycles. The summed E-state index contributed by atoms with van der Waals surface area (Å²) in [5.41, 5.74) is 6.27. The number of aliphatic imine (C=N–C) groups is 1. The molecule has 0 aromatic heterocycles. The predicted molar refractivity (Wildman–Crippen MR) is 79.8 cm³/mol. The second-order valence-electron chi connectivity index (χ2n) is 3.75. The van der Waals surface area contributed by atoms with Gasteiger partial charge in [0.05, 0.1) is 21.2 Å². The van der Waals surface area contributed by atoms with Gasteiger partial charge in [-0.1, -0.05) is 18.2 Å². The number of nitrogen functional groups attached to an aromatic ring is 1. The van der Waals surface area contributed by atoms with E-state index in [-0.39, 0.29) is 11.4 Å². The first kappa shape index (κ1) is 15.8. The van der Waals surface area contributed by atoms with E-state index in [4.69, 9.17) is 5.73 Å². The Hall–Kier alpha value is -3.29. The van der Waals surface area contributed by atoms with Crippen LogP contribution in [0.15, 0.2) is 53.5 Å². The number of nitro benzene ring substituents is 2. The van der Waals surface area contributed by atoms with Gasteiger partial charge >= 0.3 is 0 Å². The van der Waals surface area contributed by atoms with Gasteiger partial charge in [-0.25, -0.2) is 0 Å². The normalized spacial score (nSPS) is 9.14. The molecule has 0 atom stereocenters. The third kappa shape index (κ3) is 4.71. The fraction of sp³-hybridized carbons (Fsp3) is 0. The van der Waals surface area contributed by atoms with E-state index in [2.05, 4.69) is 11.7 Å². The molecule has 0 saturated heterocycles. The summed E-state index contributed by atoms with van der Waals surface area (Å²) in [5, 5.41) is 20.3. The Morgan fingerprint density at radius 2 is 1.52 bits per heavy atom. The number of nitrogens with two attached hydrogens (primary N) is 1. The van der Waals surface area contributed by atoms with E-state index in [0.29, 0.717) is 11.4 Å². The topological polar surface area (TPSA) is 125 Å². The molecule has 0 saturated carbocycles. The van der Waals surface area contributed by atoms with E-state index in [0.717, 1.165) is 0 Å². The molecule has 108 valence electrons. The average molecular weight is 288 g/mol. The summed E-state index contributed by atoms with van der Waals surface area (Å²) in [6.07, 6.45) is 0. The van der Waals surface area contributed by atoms with E-state index in [1.807, 2.05) is 0 Å². The Morgan fingerprint density at radius 1 is 0.952 bits per heavy atom. The summed E-state index contributed by atoms with van der Waals surface area (Å²) < 4.78 is 0. The van der Waals surface area contributed by atoms with Crippen molar-refractivity contribution >= 4 is 29.5 Å². The first-order valence-corrected chi connectivity index (χ1v) is 5.65. The lowest BCUT2D eigenvalue weighted by molar-refractivity contribution is -0.385. The number of hydrogen-bond donors (Lipinski definition) is 1. The smallest absolute Gasteiger partial charge is 0.271 e. The van der Waals surface area contributed by atoms with Crippen LogP contribution in [0.3, 0.4) is 0 Å². The van der Waals surface area contributed by atoms with Crippen LogP contribution in [0.25, 0.3) is 0 Å². The minimum Gasteiger partial charge on any atom is -0.397 e. The summed E-state index contributed by atoms with van der Waals surface area (Å²) in [6.45, 7) is 3.24. The van der Waals surface area contributed by atoms with Crippen molar-refractivity contribution < 1.29 is 9.85 Å². The minimum absolute atomic E-state index is 0.0356. The number of rotatable bonds is 3. The summed E-state index contributed by atoms with van der Waals surface area (Å²) in [4.78, 5) is 22.9. The van der Waals surface area contributed by atoms with Gasteiger partial charge in [0, 0.05) is 24.3 Å². The van der Waals surface area contributed by atoms with Crippen molar-refractivity contribution in [2.75, 3.05) is 5.73 Å². The third-order valence-corrected chi connectivity index (χ3v) is 2.36. The lowest BCUT2D eigenvalue weighted by Crippen LogP contribution is -1.90. The molecule has 0 spiro atoms. The van der Waals surface area contributed by atoms with Gasteiger partial charge < -0.3 is 5.73 Å². The Balaban J connectivity index is 0.000000219. The average Bonchev–Trinajstić information content (AvgIpc) is 2.49. The minimum atomic E-state index is -0.506. The van der Waals surface area contributed by atoms with Crippen molar-refractivity contribution in [2.45, 2.75) is 0 Å². The van der Waals surface area contributed by atoms with E-state index in [9.17, 15) is 20.2 Å². The van der Waals surface area contributed by atoms with Crippen LogP contribution in [0.1, 0.15) is 0 Å². The van der Waals surface area contributed by atoms with Crippen LogP contribution < -0.4 is 5.73 Å². The highest BCUT2D eigenvalue weighted by molar-refractivity contribution is 5.68. The molecule has 8 nitrogen and oxygen atoms in total. The van der Waals surface area contributed by atoms with Crippen molar-refractivity contribution in [1.29, 1.82) is 0 Å². The maximum Gasteiger partial charge on any atom is 0.271 e. The van der Waals surface area contributed by atoms with E-state index in [1.54, 1.807) is 18.2 Å². The van der Waals surface area contributed by atoms with Crippen molar-refractivity contribution in [1.82, 2.24) is 0 Å². The molecule has 2 aromatic carbocycles. The van der Waals surface area contributed by atoms with E-state index >= 15 is 0 Å². The zero-order valence-electron chi connectivity index (χ0n) is 10.9. The molecular weight excluding hydrogens is 276 g/mol. The zero-order chi connectivity index (χ0) is 15.8. The zero-order valence-corrected chi connectivity index (χ0v) is 10.9. The van der Waals surface area contributed by atoms with Gasteiger partial charge in [0.15, 0.2) is 0 Å². The molecule has 0 aliphatic heterocycles. The quantitative estimate of drug-likeness (QED) is 0.402. The van der Waals surface area contributed by atoms with E-state index < -0.39 is 9.85 Å². The number of benzene rings is 2. The Labute approximate surface area is 119 Å². The van der Waals surface area contributed by atoms with Gasteiger partial charge in [0.25, 0.3) is 11.4 Å². The predicted octanol–water partition coefficient (Wildman–Crippen LogP) is 3.10. The lowest BCUT2D eigenvalue weighted by atomic mass is 10.2. The summed E-state index contributed by atoms with van der Waals surface area (Å²) in [6, 6.07) is 12.0. The number of para-hydroxylation sites is 1. The second-order valence-corrected chi connectivity index (χ2v) is 3.75. The molecule has 0 amide bonds. The number of hydrogen-bond acceptors (Lipinski definition) is 6. The molecule has 2 N–H and O–H groups in total. The number of non-ortho nitro benzene ring substituents is 2. The Morgan fingerprint density at radius 3 is 1.95 bits per heavy atom. The van der Waals surface area contributed by atoms with Crippen LogP contribution in [-0.2, 0) is 0 Å². The summed E-state index contributed by atoms with van der Waals surface area (Å²) in [5.74, 6) is 0. The Kier molecular flexibility index (Phi) is 5.51. The molecule has 0 radical (unpaired) electrons. The van der Waals surface area contributed by atoms with Gasteiger partial charge in [-0.3, -0.25) is 25.2 Å². The molecule has 21 heavy (non-hydrogen) atoms. The van der Waals surface area contributed by atoms with Crippen LogP contribution >= 0.6 is 0 Å². The van der Waals surface area contributed by atoms with Crippen molar-refractivity contribution in [2.24, 2.45) is 4.99 Å². The maximum atomic E-state index is 10.3. The SMILES string of the molecule is C=Nc1cc([N+](=O)[O-])ccc1N.O=[N+]([O-])c1ccccc1. The monoisotopic (exact) mass is 288 g/mol. The number of nitrogens with zero attached hydrogens (tertiary/aromatic N) is 3. The molecule has 0 aliphatic rings. The molecule has 2 aromatic rings. The number of nitro groups is 2. The standard InChI is InChI=1S/C7H7N3O2.C6H5NO2/c1-9-7-4-5(10(11)12)2-3-6(7)8;8-7(9)6-4-2-1-3-5-6/h2-4H,1,8H2;1-5H. The first-order valence-electron chi connectivity index (χ1n) is 5.65. The van der Waals surface area contributed by atoms with Crippen molar-refractivity contribution in [3.05, 3.63) is 68.8 Å². The van der Waals surface area contributed by atoms with Gasteiger partial charge in [-0.05, 0) is 12.8 Å². The fourth-order valence-electron chi connectivity index (χ4n) is 1.33. The number of anilines is 1. The van der Waals surface area contributed by atoms with Crippen LogP contribution in [0.2, 0.25) is 0 Å². The molecular formula is C13H12N4O4. The molecule has 0 bridgehead atoms. The highest BCUT2D eigenvalue weighted by Crippen LogP contribution is 2.26. The van der Waals surface area contributed by atoms with E-state index in [1.165, 1.54) is 30.3 Å². The van der Waals surface area contributed by atoms with Crippen LogP contribution in [-0.4, -0.2) is 16.6 Å². The largest absolute Gasteiger partial charge is 0.397 e. The lowest BCUT2D eigenvalue weighted by Gasteiger charge is -1.97. The summed E-state index contributed by atoms with van der Waals surface area (Å²) in [7, 11) is 0. The third-order valence-electron chi connectivity index (χ3n) is 2.36. The maximum absolute atomic E-state index is 10.3. The fourth-order valence-corrected chi connectivity index (χ4v) is 1.33.